The number of morpholine rings is 1. The molecule has 0 bridgehead atoms. The number of nitrogens with one attached hydrogen (secondary N) is 1. The van der Waals surface area contributed by atoms with E-state index in [2.05, 4.69) is 34.5 Å². The number of hydrogen-bond acceptors (Lipinski definition) is 4. The van der Waals surface area contributed by atoms with Crippen LogP contribution in [0.3, 0.4) is 0 Å². The number of nitrogens with zero attached hydrogens (tertiary/aromatic N) is 1. The average molecular weight is 305 g/mol. The van der Waals surface area contributed by atoms with Crippen LogP contribution in [0.1, 0.15) is 25.8 Å². The Balaban J connectivity index is 1.77. The van der Waals surface area contributed by atoms with Crippen molar-refractivity contribution >= 4 is 5.91 Å². The minimum Gasteiger partial charge on any atom is -0.375 e. The van der Waals surface area contributed by atoms with Crippen LogP contribution in [0.4, 0.5) is 0 Å². The van der Waals surface area contributed by atoms with Crippen molar-refractivity contribution in [1.82, 2.24) is 10.2 Å². The van der Waals surface area contributed by atoms with Crippen LogP contribution in [0.15, 0.2) is 30.3 Å². The van der Waals surface area contributed by atoms with E-state index in [1.165, 1.54) is 5.56 Å². The van der Waals surface area contributed by atoms with Gasteiger partial charge in [0, 0.05) is 31.7 Å². The lowest BCUT2D eigenvalue weighted by Gasteiger charge is -2.32. The van der Waals surface area contributed by atoms with Gasteiger partial charge in [0.1, 0.15) is 0 Å². The molecule has 1 aromatic rings. The monoisotopic (exact) mass is 305 g/mol. The lowest BCUT2D eigenvalue weighted by Crippen LogP contribution is -2.47. The first kappa shape index (κ1) is 16.9. The SMILES string of the molecule is CC(C)(N)CNC(=O)CC1CN(Cc2ccccc2)CCO1. The van der Waals surface area contributed by atoms with E-state index in [1.54, 1.807) is 0 Å². The van der Waals surface area contributed by atoms with Gasteiger partial charge in [-0.2, -0.15) is 0 Å². The van der Waals surface area contributed by atoms with Crippen molar-refractivity contribution in [1.29, 1.82) is 0 Å². The van der Waals surface area contributed by atoms with Crippen LogP contribution in [-0.2, 0) is 16.1 Å². The Labute approximate surface area is 132 Å². The van der Waals surface area contributed by atoms with Gasteiger partial charge in [-0.25, -0.2) is 0 Å². The van der Waals surface area contributed by atoms with Crippen LogP contribution in [0, 0.1) is 0 Å². The first-order valence-electron chi connectivity index (χ1n) is 7.86. The quantitative estimate of drug-likeness (QED) is 0.827. The van der Waals surface area contributed by atoms with Gasteiger partial charge in [0.2, 0.25) is 5.91 Å². The summed E-state index contributed by atoms with van der Waals surface area (Å²) in [5, 5.41) is 2.87. The Morgan fingerprint density at radius 1 is 1.41 bits per heavy atom. The molecule has 0 radical (unpaired) electrons. The van der Waals surface area contributed by atoms with Gasteiger partial charge >= 0.3 is 0 Å². The highest BCUT2D eigenvalue weighted by atomic mass is 16.5. The molecule has 1 fully saturated rings. The van der Waals surface area contributed by atoms with Crippen molar-refractivity contribution in [3.8, 4) is 0 Å². The molecule has 1 heterocycles. The van der Waals surface area contributed by atoms with E-state index in [0.717, 1.165) is 19.6 Å². The Morgan fingerprint density at radius 2 is 2.14 bits per heavy atom. The first-order valence-corrected chi connectivity index (χ1v) is 7.86. The molecule has 122 valence electrons. The molecule has 5 nitrogen and oxygen atoms in total. The van der Waals surface area contributed by atoms with Crippen molar-refractivity contribution in [3.05, 3.63) is 35.9 Å². The number of benzene rings is 1. The van der Waals surface area contributed by atoms with Gasteiger partial charge in [0.15, 0.2) is 0 Å². The number of hydrogen-bond donors (Lipinski definition) is 2. The molecular weight excluding hydrogens is 278 g/mol. The zero-order valence-corrected chi connectivity index (χ0v) is 13.5. The average Bonchev–Trinajstić information content (AvgIpc) is 2.46. The number of ether oxygens (including phenoxy) is 1. The van der Waals surface area contributed by atoms with Crippen molar-refractivity contribution in [2.75, 3.05) is 26.2 Å². The van der Waals surface area contributed by atoms with Crippen molar-refractivity contribution in [2.45, 2.75) is 38.5 Å². The molecule has 22 heavy (non-hydrogen) atoms. The molecule has 1 aromatic carbocycles. The van der Waals surface area contributed by atoms with Gasteiger partial charge < -0.3 is 15.8 Å². The van der Waals surface area contributed by atoms with Gasteiger partial charge in [-0.3, -0.25) is 9.69 Å². The third kappa shape index (κ3) is 6.13. The molecule has 1 aliphatic rings. The maximum absolute atomic E-state index is 12.0. The summed E-state index contributed by atoms with van der Waals surface area (Å²) in [4.78, 5) is 14.3. The zero-order chi connectivity index (χ0) is 16.0. The van der Waals surface area contributed by atoms with Crippen LogP contribution >= 0.6 is 0 Å². The van der Waals surface area contributed by atoms with E-state index in [9.17, 15) is 4.79 Å². The summed E-state index contributed by atoms with van der Waals surface area (Å²) in [5.41, 5.74) is 6.77. The summed E-state index contributed by atoms with van der Waals surface area (Å²) in [5.74, 6) is 0.00471. The van der Waals surface area contributed by atoms with Crippen LogP contribution in [0.2, 0.25) is 0 Å². The second-order valence-corrected chi connectivity index (χ2v) is 6.68. The number of carbonyl (C=O) groups is 1. The molecule has 0 aliphatic carbocycles. The van der Waals surface area contributed by atoms with Crippen molar-refractivity contribution in [2.24, 2.45) is 5.73 Å². The zero-order valence-electron chi connectivity index (χ0n) is 13.5. The fourth-order valence-electron chi connectivity index (χ4n) is 2.49. The number of amides is 1. The van der Waals surface area contributed by atoms with Crippen LogP contribution in [-0.4, -0.2) is 48.7 Å². The van der Waals surface area contributed by atoms with E-state index in [0.29, 0.717) is 19.6 Å². The van der Waals surface area contributed by atoms with E-state index >= 15 is 0 Å². The standard InChI is InChI=1S/C17H27N3O2/c1-17(2,18)13-19-16(21)10-15-12-20(8-9-22-15)11-14-6-4-3-5-7-14/h3-7,15H,8-13,18H2,1-2H3,(H,19,21). The van der Waals surface area contributed by atoms with E-state index < -0.39 is 0 Å². The predicted molar refractivity (Wildman–Crippen MR) is 87.4 cm³/mol. The summed E-state index contributed by atoms with van der Waals surface area (Å²) < 4.78 is 5.71. The molecule has 1 saturated heterocycles. The lowest BCUT2D eigenvalue weighted by molar-refractivity contribution is -0.126. The maximum Gasteiger partial charge on any atom is 0.222 e. The van der Waals surface area contributed by atoms with Crippen LogP contribution in [0.25, 0.3) is 0 Å². The van der Waals surface area contributed by atoms with E-state index in [1.807, 2.05) is 19.9 Å². The molecule has 1 atom stereocenters. The third-order valence-corrected chi connectivity index (χ3v) is 3.63. The number of carbonyl (C=O) groups excluding carboxylic acids is 1. The highest BCUT2D eigenvalue weighted by Crippen LogP contribution is 2.12. The third-order valence-electron chi connectivity index (χ3n) is 3.63. The molecule has 5 heteroatoms. The molecule has 2 rings (SSSR count). The first-order chi connectivity index (χ1) is 10.4. The summed E-state index contributed by atoms with van der Waals surface area (Å²) in [6.07, 6.45) is 0.347. The van der Waals surface area contributed by atoms with Gasteiger partial charge in [0.05, 0.1) is 19.1 Å². The minimum absolute atomic E-state index is 0.00471. The Morgan fingerprint density at radius 3 is 2.82 bits per heavy atom. The van der Waals surface area contributed by atoms with Gasteiger partial charge in [0.25, 0.3) is 0 Å². The molecule has 3 N–H and O–H groups in total. The predicted octanol–water partition coefficient (Wildman–Crippen LogP) is 1.13. The smallest absolute Gasteiger partial charge is 0.222 e. The second-order valence-electron chi connectivity index (χ2n) is 6.68. The highest BCUT2D eigenvalue weighted by molar-refractivity contribution is 5.76. The molecule has 0 aromatic heterocycles. The highest BCUT2D eigenvalue weighted by Gasteiger charge is 2.23. The lowest BCUT2D eigenvalue weighted by atomic mass is 10.1. The minimum atomic E-state index is -0.386. The molecule has 1 unspecified atom stereocenters. The number of nitrogens with two attached hydrogens (primary N) is 1. The van der Waals surface area contributed by atoms with Crippen molar-refractivity contribution < 1.29 is 9.53 Å². The molecule has 1 aliphatic heterocycles. The Hall–Kier alpha value is -1.43. The fourth-order valence-corrected chi connectivity index (χ4v) is 2.49. The summed E-state index contributed by atoms with van der Waals surface area (Å²) >= 11 is 0. The maximum atomic E-state index is 12.0. The summed E-state index contributed by atoms with van der Waals surface area (Å²) in [6, 6.07) is 10.4. The molecule has 0 spiro atoms. The molecular formula is C17H27N3O2. The van der Waals surface area contributed by atoms with Crippen LogP contribution < -0.4 is 11.1 Å². The van der Waals surface area contributed by atoms with E-state index in [-0.39, 0.29) is 17.6 Å². The van der Waals surface area contributed by atoms with Gasteiger partial charge in [-0.15, -0.1) is 0 Å². The number of rotatable bonds is 6. The largest absolute Gasteiger partial charge is 0.375 e. The van der Waals surface area contributed by atoms with Crippen molar-refractivity contribution in [3.63, 3.8) is 0 Å². The molecule has 1 amide bonds. The fraction of sp³-hybridized carbons (Fsp3) is 0.588. The Bertz CT molecular complexity index is 471. The topological polar surface area (TPSA) is 67.6 Å². The van der Waals surface area contributed by atoms with Gasteiger partial charge in [-0.1, -0.05) is 30.3 Å². The van der Waals surface area contributed by atoms with E-state index in [4.69, 9.17) is 10.5 Å². The Kier molecular flexibility index (Phi) is 5.94. The van der Waals surface area contributed by atoms with Gasteiger partial charge in [-0.05, 0) is 19.4 Å². The second kappa shape index (κ2) is 7.72. The summed E-state index contributed by atoms with van der Waals surface area (Å²) in [6.45, 7) is 7.53. The normalized spacial score (nSPS) is 19.9. The summed E-state index contributed by atoms with van der Waals surface area (Å²) in [7, 11) is 0. The van der Waals surface area contributed by atoms with Crippen LogP contribution in [0.5, 0.6) is 0 Å². The molecule has 0 saturated carbocycles.